The number of hydrogen-bond donors (Lipinski definition) is 2. The van der Waals surface area contributed by atoms with Crippen molar-refractivity contribution >= 4 is 23.8 Å². The van der Waals surface area contributed by atoms with Crippen LogP contribution in [0.2, 0.25) is 0 Å². The van der Waals surface area contributed by atoms with Crippen LogP contribution in [0.1, 0.15) is 77.8 Å². The van der Waals surface area contributed by atoms with Gasteiger partial charge >= 0.3 is 0 Å². The number of rotatable bonds is 1. The third kappa shape index (κ3) is 8.26. The van der Waals surface area contributed by atoms with Crippen LogP contribution in [-0.4, -0.2) is 22.6 Å². The molecule has 4 aliphatic rings. The molecule has 0 aromatic heterocycles. The fourth-order valence-corrected chi connectivity index (χ4v) is 7.67. The molecule has 0 aliphatic carbocycles. The summed E-state index contributed by atoms with van der Waals surface area (Å²) in [6.07, 6.45) is 3.31. The number of aryl methyl sites for hydroxylation is 1. The van der Waals surface area contributed by atoms with E-state index in [1.807, 2.05) is 110 Å². The Labute approximate surface area is 346 Å². The first-order valence-corrected chi connectivity index (χ1v) is 19.9. The summed E-state index contributed by atoms with van der Waals surface area (Å²) in [5, 5.41) is 22.6. The van der Waals surface area contributed by atoms with E-state index in [2.05, 4.69) is 76.2 Å². The van der Waals surface area contributed by atoms with E-state index in [4.69, 9.17) is 19.5 Å². The average molecular weight is 777 g/mol. The second-order valence-electron chi connectivity index (χ2n) is 16.3. The Balaban J connectivity index is 1.19. The lowest BCUT2D eigenvalue weighted by Gasteiger charge is -2.29. The quantitative estimate of drug-likeness (QED) is 0.174. The highest BCUT2D eigenvalue weighted by Gasteiger charge is 2.27. The predicted octanol–water partition coefficient (Wildman–Crippen LogP) is 12.7. The highest BCUT2D eigenvalue weighted by Crippen LogP contribution is 2.38. The number of benzene rings is 7. The fraction of sp³-hybridized carbons (Fsp3) is 0.170. The van der Waals surface area contributed by atoms with Gasteiger partial charge < -0.3 is 19.7 Å². The zero-order valence-corrected chi connectivity index (χ0v) is 34.1. The minimum Gasteiger partial charge on any atom is -0.507 e. The first-order valence-electron chi connectivity index (χ1n) is 19.9. The van der Waals surface area contributed by atoms with E-state index in [0.717, 1.165) is 33.8 Å². The molecule has 0 saturated heterocycles. The van der Waals surface area contributed by atoms with Crippen molar-refractivity contribution in [3.63, 3.8) is 0 Å². The normalized spacial score (nSPS) is 14.6. The van der Waals surface area contributed by atoms with Crippen molar-refractivity contribution in [2.45, 2.75) is 58.7 Å². The van der Waals surface area contributed by atoms with E-state index in [9.17, 15) is 10.2 Å². The first kappa shape index (κ1) is 38.9. The van der Waals surface area contributed by atoms with Gasteiger partial charge in [0.25, 0.3) is 0 Å². The van der Waals surface area contributed by atoms with Crippen molar-refractivity contribution in [2.75, 3.05) is 0 Å². The van der Waals surface area contributed by atoms with Crippen LogP contribution in [0.25, 0.3) is 11.1 Å². The number of ether oxygens (including phenoxy) is 2. The molecule has 0 fully saturated rings. The number of para-hydroxylation sites is 2. The second kappa shape index (κ2) is 16.1. The van der Waals surface area contributed by atoms with Crippen molar-refractivity contribution < 1.29 is 19.7 Å². The van der Waals surface area contributed by atoms with E-state index in [1.165, 1.54) is 22.3 Å². The Bertz CT molecular complexity index is 2660. The SMILES string of the molecule is Cc1cc2cc(c1O)C=Nc1ccccc1N=Cc1cc(cc(-c3ccccc3)c1O)COc1ccc(cc1)C(C)(C)c1ccc(cc1)C(C)(C)c1ccc(cc1)OC2. The lowest BCUT2D eigenvalue weighted by atomic mass is 9.74. The highest BCUT2D eigenvalue weighted by atomic mass is 16.5. The third-order valence-electron chi connectivity index (χ3n) is 11.5. The van der Waals surface area contributed by atoms with Crippen molar-refractivity contribution in [3.05, 3.63) is 202 Å². The Morgan fingerprint density at radius 2 is 0.881 bits per heavy atom. The van der Waals surface area contributed by atoms with Crippen LogP contribution in [0.15, 0.2) is 162 Å². The molecule has 0 radical (unpaired) electrons. The number of aliphatic imine (C=N–C) groups is 2. The lowest BCUT2D eigenvalue weighted by Crippen LogP contribution is -2.21. The lowest BCUT2D eigenvalue weighted by molar-refractivity contribution is 0.305. The van der Waals surface area contributed by atoms with Crippen LogP contribution >= 0.6 is 0 Å². The predicted molar refractivity (Wildman–Crippen MR) is 240 cm³/mol. The molecule has 0 atom stereocenters. The van der Waals surface area contributed by atoms with Crippen LogP contribution in [0, 0.1) is 6.92 Å². The van der Waals surface area contributed by atoms with Gasteiger partial charge in [-0.15, -0.1) is 0 Å². The first-order chi connectivity index (χ1) is 28.5. The Kier molecular flexibility index (Phi) is 10.7. The highest BCUT2D eigenvalue weighted by molar-refractivity contribution is 5.92. The molecular weight excluding hydrogens is 729 g/mol. The maximum atomic E-state index is 11.6. The van der Waals surface area contributed by atoms with Gasteiger partial charge in [0.05, 0.1) is 11.4 Å². The monoisotopic (exact) mass is 776 g/mol. The molecule has 7 aromatic carbocycles. The average Bonchev–Trinajstić information content (AvgIpc) is 3.26. The largest absolute Gasteiger partial charge is 0.507 e. The summed E-state index contributed by atoms with van der Waals surface area (Å²) in [7, 11) is 0. The minimum atomic E-state index is -0.239. The van der Waals surface area contributed by atoms with Crippen molar-refractivity contribution in [1.29, 1.82) is 0 Å². The van der Waals surface area contributed by atoms with Crippen LogP contribution in [0.5, 0.6) is 23.0 Å². The van der Waals surface area contributed by atoms with Crippen molar-refractivity contribution in [1.82, 2.24) is 0 Å². The Morgan fingerprint density at radius 3 is 1.36 bits per heavy atom. The fourth-order valence-electron chi connectivity index (χ4n) is 7.67. The molecular formula is C53H48N2O4. The molecule has 4 aliphatic heterocycles. The van der Waals surface area contributed by atoms with Gasteiger partial charge in [0.2, 0.25) is 0 Å². The van der Waals surface area contributed by atoms with Gasteiger partial charge in [0, 0.05) is 39.9 Å². The molecule has 7 aromatic rings. The maximum absolute atomic E-state index is 11.6. The van der Waals surface area contributed by atoms with Gasteiger partial charge in [0.15, 0.2) is 0 Å². The van der Waals surface area contributed by atoms with E-state index >= 15 is 0 Å². The van der Waals surface area contributed by atoms with Crippen molar-refractivity contribution in [2.24, 2.45) is 9.98 Å². The van der Waals surface area contributed by atoms with Gasteiger partial charge in [-0.1, -0.05) is 119 Å². The summed E-state index contributed by atoms with van der Waals surface area (Å²) in [5.74, 6) is 1.79. The topological polar surface area (TPSA) is 83.6 Å². The summed E-state index contributed by atoms with van der Waals surface area (Å²) in [4.78, 5) is 9.59. The minimum absolute atomic E-state index is 0.120. The zero-order valence-electron chi connectivity index (χ0n) is 34.1. The molecule has 4 heterocycles. The summed E-state index contributed by atoms with van der Waals surface area (Å²) in [5.41, 5.74) is 10.8. The summed E-state index contributed by atoms with van der Waals surface area (Å²) in [6, 6.07) is 50.6. The van der Waals surface area contributed by atoms with Gasteiger partial charge in [-0.25, -0.2) is 0 Å². The number of phenols is 2. The van der Waals surface area contributed by atoms with E-state index in [-0.39, 0.29) is 28.9 Å². The molecule has 0 amide bonds. The molecule has 0 saturated carbocycles. The molecule has 2 N–H and O–H groups in total. The summed E-state index contributed by atoms with van der Waals surface area (Å²) >= 11 is 0. The van der Waals surface area contributed by atoms with Crippen LogP contribution in [0.4, 0.5) is 11.4 Å². The molecule has 10 bridgehead atoms. The number of nitrogens with zero attached hydrogens (tertiary/aromatic N) is 2. The number of hydrogen-bond acceptors (Lipinski definition) is 6. The van der Waals surface area contributed by atoms with Crippen LogP contribution < -0.4 is 9.47 Å². The number of phenolic OH excluding ortho intramolecular Hbond substituents is 2. The van der Waals surface area contributed by atoms with Gasteiger partial charge in [-0.3, -0.25) is 9.98 Å². The Morgan fingerprint density at radius 1 is 0.475 bits per heavy atom. The summed E-state index contributed by atoms with van der Waals surface area (Å²) < 4.78 is 12.6. The molecule has 59 heavy (non-hydrogen) atoms. The van der Waals surface area contributed by atoms with E-state index in [1.54, 1.807) is 12.4 Å². The van der Waals surface area contributed by atoms with E-state index in [0.29, 0.717) is 34.7 Å². The van der Waals surface area contributed by atoms with Crippen molar-refractivity contribution in [3.8, 4) is 34.1 Å². The molecule has 0 spiro atoms. The molecule has 6 nitrogen and oxygen atoms in total. The van der Waals surface area contributed by atoms with Gasteiger partial charge in [-0.2, -0.15) is 0 Å². The second-order valence-corrected chi connectivity index (χ2v) is 16.3. The van der Waals surface area contributed by atoms with Gasteiger partial charge in [0.1, 0.15) is 36.2 Å². The maximum Gasteiger partial charge on any atom is 0.132 e. The third-order valence-corrected chi connectivity index (χ3v) is 11.5. The van der Waals surface area contributed by atoms with Crippen LogP contribution in [0.3, 0.4) is 0 Å². The number of aromatic hydroxyl groups is 2. The molecule has 0 unspecified atom stereocenters. The van der Waals surface area contributed by atoms with Gasteiger partial charge in [-0.05, 0) is 112 Å². The number of fused-ring (bicyclic) bond motifs is 3. The molecule has 6 heteroatoms. The smallest absolute Gasteiger partial charge is 0.132 e. The summed E-state index contributed by atoms with van der Waals surface area (Å²) in [6.45, 7) is 11.5. The Hall–Kier alpha value is -6.92. The standard InChI is InChI=1S/C53H48N2O4/c1-35-27-36-28-39(50(35)56)31-54-48-13-9-10-14-49(48)55-32-40-29-37(30-47(51(40)57)38-11-7-6-8-12-38)34-59-46-25-21-44(22-26-46)53(4,5)42-17-15-41(16-18-42)52(2,3)43-19-23-45(24-20-43)58-33-36/h6-32,56-57H,33-34H2,1-5H3. The molecule has 294 valence electrons. The van der Waals surface area contributed by atoms with E-state index < -0.39 is 0 Å². The molecule has 11 rings (SSSR count). The zero-order chi connectivity index (χ0) is 41.1. The van der Waals surface area contributed by atoms with Crippen LogP contribution in [-0.2, 0) is 24.0 Å².